The number of methoxy groups -OCH3 is 1. The first-order valence-corrected chi connectivity index (χ1v) is 15.8. The van der Waals surface area contributed by atoms with Crippen LogP contribution in [0.25, 0.3) is 0 Å². The Morgan fingerprint density at radius 3 is 2.52 bits per heavy atom. The van der Waals surface area contributed by atoms with Crippen molar-refractivity contribution in [2.24, 2.45) is 10.9 Å². The third-order valence-electron chi connectivity index (χ3n) is 6.77. The minimum atomic E-state index is -0.281. The van der Waals surface area contributed by atoms with E-state index in [2.05, 4.69) is 79.4 Å². The Labute approximate surface area is 261 Å². The third kappa shape index (κ3) is 12.1. The number of carbonyl (C=O) groups is 1. The highest BCUT2D eigenvalue weighted by Crippen LogP contribution is 2.37. The lowest BCUT2D eigenvalue weighted by Gasteiger charge is -2.38. The molecule has 232 valence electrons. The molecular weight excluding hydrogens is 542 g/mol. The Bertz CT molecular complexity index is 1160. The molecule has 0 fully saturated rings. The van der Waals surface area contributed by atoms with E-state index in [1.807, 2.05) is 52.0 Å². The summed E-state index contributed by atoms with van der Waals surface area (Å²) in [6.07, 6.45) is 14.1. The lowest BCUT2D eigenvalue weighted by atomic mass is 9.88. The van der Waals surface area contributed by atoms with Gasteiger partial charge in [-0.1, -0.05) is 101 Å². The monoisotopic (exact) mass is 595 g/mol. The molecule has 0 amide bonds. The number of aliphatic imine (C=N–C) groups is 1. The lowest BCUT2D eigenvalue weighted by molar-refractivity contribution is -0.117. The Balaban J connectivity index is 0.000000748. The Kier molecular flexibility index (Phi) is 17.6. The van der Waals surface area contributed by atoms with Crippen LogP contribution < -0.4 is 0 Å². The predicted molar refractivity (Wildman–Crippen MR) is 182 cm³/mol. The highest BCUT2D eigenvalue weighted by atomic mass is 35.5. The number of allylic oxidation sites excluding steroid dienone is 8. The molecule has 0 aromatic heterocycles. The summed E-state index contributed by atoms with van der Waals surface area (Å²) in [6.45, 7) is 23.0. The maximum atomic E-state index is 13.3. The van der Waals surface area contributed by atoms with Crippen LogP contribution in [-0.2, 0) is 9.53 Å². The van der Waals surface area contributed by atoms with Crippen LogP contribution in [0.1, 0.15) is 92.7 Å². The zero-order valence-electron chi connectivity index (χ0n) is 27.5. The standard InChI is InChI=1S/C26H38ClN3O2.C8H10.C2H6/c1-8-13-29(19(4)5)14-10-15-30-25(21-11-9-12-22(27)17-21)24(23(31)16-18(2)3)20(6)28-26(30)32-7;1-8-6-4-2-3-5-7-8;1-2/h9,11-12,17-18,25H,4,8,10,13-16H2,1-3,5-7H3;2-4,6-7H,5H2,1H3;1-2H3. The molecule has 1 atom stereocenters. The van der Waals surface area contributed by atoms with Gasteiger partial charge in [0.05, 0.1) is 18.8 Å². The summed E-state index contributed by atoms with van der Waals surface area (Å²) in [4.78, 5) is 22.4. The molecule has 6 heteroatoms. The van der Waals surface area contributed by atoms with Crippen molar-refractivity contribution in [2.75, 3.05) is 26.7 Å². The van der Waals surface area contributed by atoms with Gasteiger partial charge >= 0.3 is 0 Å². The average Bonchev–Trinajstić information content (AvgIpc) is 3.20. The number of hydrogen-bond acceptors (Lipinski definition) is 5. The minimum absolute atomic E-state index is 0.126. The number of amidine groups is 1. The molecule has 1 aliphatic carbocycles. The van der Waals surface area contributed by atoms with E-state index in [1.54, 1.807) is 7.11 Å². The molecule has 1 heterocycles. The smallest absolute Gasteiger partial charge is 0.292 e. The quantitative estimate of drug-likeness (QED) is 0.255. The van der Waals surface area contributed by atoms with Gasteiger partial charge < -0.3 is 14.5 Å². The molecule has 1 aromatic rings. The second kappa shape index (κ2) is 20.0. The van der Waals surface area contributed by atoms with Gasteiger partial charge in [0.15, 0.2) is 5.78 Å². The van der Waals surface area contributed by atoms with Gasteiger partial charge in [-0.25, -0.2) is 4.99 Å². The Hall–Kier alpha value is -3.05. The summed E-state index contributed by atoms with van der Waals surface area (Å²) < 4.78 is 5.68. The number of Topliss-reactive ketones (excluding diaryl/α,β-unsaturated/α-hetero) is 1. The number of ether oxygens (including phenoxy) is 1. The Morgan fingerprint density at radius 1 is 1.21 bits per heavy atom. The molecule has 0 saturated heterocycles. The van der Waals surface area contributed by atoms with Crippen LogP contribution >= 0.6 is 11.6 Å². The van der Waals surface area contributed by atoms with Gasteiger partial charge in [-0.2, -0.15) is 0 Å². The van der Waals surface area contributed by atoms with E-state index in [9.17, 15) is 4.79 Å². The fraction of sp³-hybridized carbons (Fsp3) is 0.500. The molecular formula is C36H54ClN3O2. The fourth-order valence-electron chi connectivity index (χ4n) is 4.86. The number of rotatable bonds is 11. The van der Waals surface area contributed by atoms with E-state index in [4.69, 9.17) is 16.3 Å². The molecule has 0 saturated carbocycles. The van der Waals surface area contributed by atoms with E-state index >= 15 is 0 Å². The first-order valence-electron chi connectivity index (χ1n) is 15.4. The summed E-state index contributed by atoms with van der Waals surface area (Å²) in [6, 6.07) is 7.99. The first-order chi connectivity index (χ1) is 20.1. The van der Waals surface area contributed by atoms with Crippen molar-refractivity contribution >= 4 is 23.4 Å². The minimum Gasteiger partial charge on any atom is -0.468 e. The van der Waals surface area contributed by atoms with Crippen LogP contribution in [-0.4, -0.2) is 48.3 Å². The number of hydrogen-bond donors (Lipinski definition) is 0. The van der Waals surface area contributed by atoms with Crippen molar-refractivity contribution < 1.29 is 9.53 Å². The van der Waals surface area contributed by atoms with Gasteiger partial charge in [0.25, 0.3) is 6.02 Å². The third-order valence-corrected chi connectivity index (χ3v) is 7.00. The topological polar surface area (TPSA) is 45.1 Å². The van der Waals surface area contributed by atoms with Crippen LogP contribution in [0, 0.1) is 5.92 Å². The summed E-state index contributed by atoms with van der Waals surface area (Å²) in [5.41, 5.74) is 4.84. The largest absolute Gasteiger partial charge is 0.468 e. The Morgan fingerprint density at radius 2 is 1.93 bits per heavy atom. The van der Waals surface area contributed by atoms with Crippen LogP contribution in [0.5, 0.6) is 0 Å². The molecule has 2 aliphatic rings. The van der Waals surface area contributed by atoms with Crippen molar-refractivity contribution in [3.63, 3.8) is 0 Å². The highest BCUT2D eigenvalue weighted by molar-refractivity contribution is 6.30. The summed E-state index contributed by atoms with van der Waals surface area (Å²) in [5.74, 6) is 0.392. The summed E-state index contributed by atoms with van der Waals surface area (Å²) >= 11 is 6.35. The van der Waals surface area contributed by atoms with Crippen molar-refractivity contribution in [3.05, 3.63) is 94.4 Å². The highest BCUT2D eigenvalue weighted by Gasteiger charge is 2.36. The predicted octanol–water partition coefficient (Wildman–Crippen LogP) is 9.70. The molecule has 0 radical (unpaired) electrons. The molecule has 0 spiro atoms. The van der Waals surface area contributed by atoms with Crippen LogP contribution in [0.15, 0.2) is 88.8 Å². The van der Waals surface area contributed by atoms with Gasteiger partial charge in [-0.3, -0.25) is 4.79 Å². The lowest BCUT2D eigenvalue weighted by Crippen LogP contribution is -2.42. The van der Waals surface area contributed by atoms with Gasteiger partial charge in [0.2, 0.25) is 0 Å². The molecule has 3 rings (SSSR count). The number of carbonyl (C=O) groups excluding carboxylic acids is 1. The van der Waals surface area contributed by atoms with Gasteiger partial charge in [0.1, 0.15) is 0 Å². The maximum absolute atomic E-state index is 13.3. The molecule has 0 N–H and O–H groups in total. The van der Waals surface area contributed by atoms with Crippen molar-refractivity contribution in [3.8, 4) is 0 Å². The van der Waals surface area contributed by atoms with Crippen molar-refractivity contribution in [1.82, 2.24) is 9.80 Å². The first kappa shape index (κ1) is 37.0. The molecule has 1 unspecified atom stereocenters. The zero-order chi connectivity index (χ0) is 31.7. The van der Waals surface area contributed by atoms with Crippen molar-refractivity contribution in [1.29, 1.82) is 0 Å². The SMILES string of the molecule is C=C(C)N(CCC)CCCN1C(OC)=NC(C)=C(C(=O)CC(C)C)C1c1cccc(Cl)c1.CC.CC1=CCC=CC=C1. The fourth-order valence-corrected chi connectivity index (χ4v) is 5.06. The normalized spacial score (nSPS) is 16.0. The second-order valence-corrected chi connectivity index (χ2v) is 11.3. The number of halogens is 1. The van der Waals surface area contributed by atoms with Crippen LogP contribution in [0.2, 0.25) is 5.02 Å². The van der Waals surface area contributed by atoms with Crippen LogP contribution in [0.4, 0.5) is 0 Å². The molecule has 0 bridgehead atoms. The van der Waals surface area contributed by atoms with E-state index in [-0.39, 0.29) is 17.7 Å². The van der Waals surface area contributed by atoms with Gasteiger partial charge in [-0.15, -0.1) is 0 Å². The molecule has 1 aliphatic heterocycles. The summed E-state index contributed by atoms with van der Waals surface area (Å²) in [7, 11) is 1.63. The molecule has 1 aromatic carbocycles. The molecule has 5 nitrogen and oxygen atoms in total. The van der Waals surface area contributed by atoms with E-state index < -0.39 is 0 Å². The number of ketones is 1. The summed E-state index contributed by atoms with van der Waals surface area (Å²) in [5, 5.41) is 0.647. The number of nitrogens with zero attached hydrogens (tertiary/aromatic N) is 3. The van der Waals surface area contributed by atoms with Crippen molar-refractivity contribution in [2.45, 2.75) is 87.1 Å². The number of benzene rings is 1. The van der Waals surface area contributed by atoms with E-state index in [1.165, 1.54) is 5.57 Å². The average molecular weight is 596 g/mol. The van der Waals surface area contributed by atoms with Crippen LogP contribution in [0.3, 0.4) is 0 Å². The second-order valence-electron chi connectivity index (χ2n) is 10.8. The molecule has 42 heavy (non-hydrogen) atoms. The maximum Gasteiger partial charge on any atom is 0.292 e. The zero-order valence-corrected chi connectivity index (χ0v) is 28.3. The van der Waals surface area contributed by atoms with Gasteiger partial charge in [-0.05, 0) is 63.6 Å². The van der Waals surface area contributed by atoms with Gasteiger partial charge in [0, 0.05) is 42.3 Å². The van der Waals surface area contributed by atoms with E-state index in [0.29, 0.717) is 29.7 Å². The van der Waals surface area contributed by atoms with E-state index in [0.717, 1.165) is 49.2 Å².